The highest BCUT2D eigenvalue weighted by Crippen LogP contribution is 2.45. The molecule has 0 radical (unpaired) electrons. The zero-order valence-corrected chi connectivity index (χ0v) is 16.3. The van der Waals surface area contributed by atoms with E-state index in [4.69, 9.17) is 0 Å². The van der Waals surface area contributed by atoms with Crippen LogP contribution in [0.15, 0.2) is 30.3 Å². The Morgan fingerprint density at radius 1 is 1.04 bits per heavy atom. The average Bonchev–Trinajstić information content (AvgIpc) is 2.52. The molecule has 3 heteroatoms. The summed E-state index contributed by atoms with van der Waals surface area (Å²) in [5.74, 6) is 0.801. The molecule has 0 aromatic heterocycles. The number of rotatable bonds is 5. The van der Waals surface area contributed by atoms with Gasteiger partial charge in [-0.2, -0.15) is 0 Å². The maximum atomic E-state index is 12.7. The molecule has 2 rings (SSSR count). The smallest absolute Gasteiger partial charge is 0.236 e. The van der Waals surface area contributed by atoms with Crippen molar-refractivity contribution in [1.82, 2.24) is 9.80 Å². The normalized spacial score (nSPS) is 20.8. The van der Waals surface area contributed by atoms with E-state index in [1.54, 1.807) is 0 Å². The van der Waals surface area contributed by atoms with Crippen LogP contribution in [-0.2, 0) is 4.79 Å². The zero-order chi connectivity index (χ0) is 18.0. The van der Waals surface area contributed by atoms with Gasteiger partial charge < -0.3 is 4.90 Å². The van der Waals surface area contributed by atoms with Crippen LogP contribution in [0.4, 0.5) is 0 Å². The number of hydrogen-bond donors (Lipinski definition) is 0. The zero-order valence-electron chi connectivity index (χ0n) is 16.3. The molecule has 0 saturated carbocycles. The first-order chi connectivity index (χ1) is 11.2. The minimum absolute atomic E-state index is 0.00503. The fourth-order valence-corrected chi connectivity index (χ4v) is 4.52. The Morgan fingerprint density at radius 3 is 2.00 bits per heavy atom. The van der Waals surface area contributed by atoms with Crippen molar-refractivity contribution in [3.63, 3.8) is 0 Å². The molecule has 1 heterocycles. The number of amides is 1. The van der Waals surface area contributed by atoms with Crippen molar-refractivity contribution in [2.75, 3.05) is 19.6 Å². The molecular formula is C21H34N2O. The Kier molecular flexibility index (Phi) is 5.74. The molecular weight excluding hydrogens is 296 g/mol. The SMILES string of the molecule is CCN(CC)C(=O)CN1C(C)(C)CC(c2ccccc2)CC1(C)C. The summed E-state index contributed by atoms with van der Waals surface area (Å²) in [6.07, 6.45) is 2.18. The molecule has 1 saturated heterocycles. The number of carbonyl (C=O) groups excluding carboxylic acids is 1. The summed E-state index contributed by atoms with van der Waals surface area (Å²) in [6, 6.07) is 10.8. The van der Waals surface area contributed by atoms with Gasteiger partial charge in [0.1, 0.15) is 0 Å². The Morgan fingerprint density at radius 2 is 1.54 bits per heavy atom. The third-order valence-electron chi connectivity index (χ3n) is 5.63. The van der Waals surface area contributed by atoms with Crippen molar-refractivity contribution in [1.29, 1.82) is 0 Å². The number of carbonyl (C=O) groups is 1. The molecule has 1 aromatic rings. The molecule has 1 aromatic carbocycles. The molecule has 3 nitrogen and oxygen atoms in total. The quantitative estimate of drug-likeness (QED) is 0.804. The molecule has 0 atom stereocenters. The third kappa shape index (κ3) is 4.00. The van der Waals surface area contributed by atoms with Crippen LogP contribution >= 0.6 is 0 Å². The second-order valence-corrected chi connectivity index (χ2v) is 8.29. The number of likely N-dealkylation sites (N-methyl/N-ethyl adjacent to an activating group) is 1. The average molecular weight is 331 g/mol. The summed E-state index contributed by atoms with van der Waals surface area (Å²) in [4.78, 5) is 17.1. The first kappa shape index (κ1) is 19.0. The molecule has 0 spiro atoms. The van der Waals surface area contributed by atoms with Crippen LogP contribution < -0.4 is 0 Å². The van der Waals surface area contributed by atoms with Gasteiger partial charge in [-0.3, -0.25) is 9.69 Å². The number of hydrogen-bond acceptors (Lipinski definition) is 2. The van der Waals surface area contributed by atoms with E-state index >= 15 is 0 Å². The minimum Gasteiger partial charge on any atom is -0.342 e. The predicted octanol–water partition coefficient (Wildman–Crippen LogP) is 4.29. The number of nitrogens with zero attached hydrogens (tertiary/aromatic N) is 2. The van der Waals surface area contributed by atoms with E-state index in [2.05, 4.69) is 76.8 Å². The van der Waals surface area contributed by atoms with Crippen molar-refractivity contribution >= 4 is 5.91 Å². The number of piperidine rings is 1. The van der Waals surface area contributed by atoms with Gasteiger partial charge in [0, 0.05) is 24.2 Å². The van der Waals surface area contributed by atoms with Gasteiger partial charge in [-0.1, -0.05) is 30.3 Å². The Bertz CT molecular complexity index is 528. The summed E-state index contributed by atoms with van der Waals surface area (Å²) >= 11 is 0. The molecule has 0 aliphatic carbocycles. The number of benzene rings is 1. The lowest BCUT2D eigenvalue weighted by molar-refractivity contribution is -0.138. The molecule has 134 valence electrons. The summed E-state index contributed by atoms with van der Waals surface area (Å²) in [7, 11) is 0. The molecule has 24 heavy (non-hydrogen) atoms. The van der Waals surface area contributed by atoms with Crippen molar-refractivity contribution in [2.45, 2.75) is 71.4 Å². The first-order valence-corrected chi connectivity index (χ1v) is 9.31. The highest BCUT2D eigenvalue weighted by molar-refractivity contribution is 5.78. The van der Waals surface area contributed by atoms with Gasteiger partial charge in [0.2, 0.25) is 5.91 Å². The van der Waals surface area contributed by atoms with E-state index in [0.717, 1.165) is 25.9 Å². The van der Waals surface area contributed by atoms with Crippen LogP contribution in [0, 0.1) is 0 Å². The lowest BCUT2D eigenvalue weighted by atomic mass is 9.71. The van der Waals surface area contributed by atoms with Gasteiger partial charge in [-0.15, -0.1) is 0 Å². The van der Waals surface area contributed by atoms with Crippen LogP contribution in [0.25, 0.3) is 0 Å². The monoisotopic (exact) mass is 330 g/mol. The van der Waals surface area contributed by atoms with Crippen LogP contribution in [0.5, 0.6) is 0 Å². The highest BCUT2D eigenvalue weighted by Gasteiger charge is 2.46. The van der Waals surface area contributed by atoms with Crippen molar-refractivity contribution in [3.05, 3.63) is 35.9 Å². The van der Waals surface area contributed by atoms with E-state index in [1.165, 1.54) is 5.56 Å². The van der Waals surface area contributed by atoms with E-state index in [-0.39, 0.29) is 17.0 Å². The summed E-state index contributed by atoms with van der Waals surface area (Å²) < 4.78 is 0. The standard InChI is InChI=1S/C21H34N2O/c1-7-22(8-2)19(24)16-23-20(3,4)14-18(15-21(23,5)6)17-12-10-9-11-13-17/h9-13,18H,7-8,14-16H2,1-6H3. The molecule has 1 amide bonds. The molecule has 1 fully saturated rings. The molecule has 1 aliphatic rings. The Labute approximate surface area is 148 Å². The van der Waals surface area contributed by atoms with E-state index in [0.29, 0.717) is 12.5 Å². The van der Waals surface area contributed by atoms with Crippen LogP contribution in [0.1, 0.15) is 65.9 Å². The van der Waals surface area contributed by atoms with E-state index < -0.39 is 0 Å². The maximum absolute atomic E-state index is 12.7. The second kappa shape index (κ2) is 7.26. The molecule has 0 unspecified atom stereocenters. The fourth-order valence-electron chi connectivity index (χ4n) is 4.52. The minimum atomic E-state index is 0.00503. The number of likely N-dealkylation sites (tertiary alicyclic amines) is 1. The maximum Gasteiger partial charge on any atom is 0.236 e. The van der Waals surface area contributed by atoms with Gasteiger partial charge in [0.25, 0.3) is 0 Å². The van der Waals surface area contributed by atoms with Gasteiger partial charge in [-0.25, -0.2) is 0 Å². The summed E-state index contributed by atoms with van der Waals surface area (Å²) in [5.41, 5.74) is 1.43. The van der Waals surface area contributed by atoms with Crippen LogP contribution in [-0.4, -0.2) is 46.4 Å². The Balaban J connectivity index is 2.21. The van der Waals surface area contributed by atoms with Gasteiger partial charge in [0.15, 0.2) is 0 Å². The van der Waals surface area contributed by atoms with Crippen molar-refractivity contribution in [2.24, 2.45) is 0 Å². The Hall–Kier alpha value is -1.35. The van der Waals surface area contributed by atoms with E-state index in [1.807, 2.05) is 4.90 Å². The van der Waals surface area contributed by atoms with Crippen molar-refractivity contribution in [3.8, 4) is 0 Å². The van der Waals surface area contributed by atoms with Crippen molar-refractivity contribution < 1.29 is 4.79 Å². The lowest BCUT2D eigenvalue weighted by Crippen LogP contribution is -2.62. The highest BCUT2D eigenvalue weighted by atomic mass is 16.2. The summed E-state index contributed by atoms with van der Waals surface area (Å²) in [5, 5.41) is 0. The fraction of sp³-hybridized carbons (Fsp3) is 0.667. The van der Waals surface area contributed by atoms with Crippen LogP contribution in [0.3, 0.4) is 0 Å². The predicted molar refractivity (Wildman–Crippen MR) is 101 cm³/mol. The molecule has 0 bridgehead atoms. The molecule has 1 aliphatic heterocycles. The third-order valence-corrected chi connectivity index (χ3v) is 5.63. The van der Waals surface area contributed by atoms with E-state index in [9.17, 15) is 4.79 Å². The topological polar surface area (TPSA) is 23.6 Å². The van der Waals surface area contributed by atoms with Gasteiger partial charge in [-0.05, 0) is 65.9 Å². The molecule has 0 N–H and O–H groups in total. The summed E-state index contributed by atoms with van der Waals surface area (Å²) in [6.45, 7) is 15.4. The second-order valence-electron chi connectivity index (χ2n) is 8.29. The van der Waals surface area contributed by atoms with Gasteiger partial charge >= 0.3 is 0 Å². The first-order valence-electron chi connectivity index (χ1n) is 9.31. The van der Waals surface area contributed by atoms with Crippen LogP contribution in [0.2, 0.25) is 0 Å². The lowest BCUT2D eigenvalue weighted by Gasteiger charge is -2.55. The largest absolute Gasteiger partial charge is 0.342 e. The van der Waals surface area contributed by atoms with Gasteiger partial charge in [0.05, 0.1) is 6.54 Å².